The lowest BCUT2D eigenvalue weighted by molar-refractivity contribution is 0.399. The Morgan fingerprint density at radius 3 is 2.18 bits per heavy atom. The maximum atomic E-state index is 12.9. The summed E-state index contributed by atoms with van der Waals surface area (Å²) in [6.45, 7) is 0. The largest absolute Gasteiger partial charge is 0.207 e. The van der Waals surface area contributed by atoms with Crippen molar-refractivity contribution in [2.45, 2.75) is 44.4 Å². The summed E-state index contributed by atoms with van der Waals surface area (Å²) in [7, 11) is 0. The van der Waals surface area contributed by atoms with Crippen LogP contribution in [0.15, 0.2) is 24.3 Å². The van der Waals surface area contributed by atoms with Crippen LogP contribution in [0.4, 0.5) is 4.39 Å². The van der Waals surface area contributed by atoms with E-state index in [2.05, 4.69) is 15.9 Å². The van der Waals surface area contributed by atoms with Gasteiger partial charge in [0.05, 0.1) is 0 Å². The summed E-state index contributed by atoms with van der Waals surface area (Å²) in [6, 6.07) is 7.07. The predicted octanol–water partition coefficient (Wildman–Crippen LogP) is 5.27. The third kappa shape index (κ3) is 3.54. The van der Waals surface area contributed by atoms with E-state index >= 15 is 0 Å². The van der Waals surface area contributed by atoms with Crippen LogP contribution in [0.2, 0.25) is 0 Å². The summed E-state index contributed by atoms with van der Waals surface area (Å²) >= 11 is 3.64. The summed E-state index contributed by atoms with van der Waals surface area (Å²) in [4.78, 5) is 0. The van der Waals surface area contributed by atoms with Crippen LogP contribution < -0.4 is 0 Å². The lowest BCUT2D eigenvalue weighted by Gasteiger charge is -2.24. The molecule has 17 heavy (non-hydrogen) atoms. The standard InChI is InChI=1S/C15H20BrF/c16-11-15(12-5-3-1-2-4-6-12)13-7-9-14(17)10-8-13/h7-10,12,15H,1-6,11H2. The molecule has 1 fully saturated rings. The molecule has 0 N–H and O–H groups in total. The van der Waals surface area contributed by atoms with Crippen LogP contribution in [0, 0.1) is 11.7 Å². The van der Waals surface area contributed by atoms with Crippen LogP contribution in [-0.4, -0.2) is 5.33 Å². The lowest BCUT2D eigenvalue weighted by atomic mass is 9.83. The summed E-state index contributed by atoms with van der Waals surface area (Å²) < 4.78 is 12.9. The van der Waals surface area contributed by atoms with E-state index in [4.69, 9.17) is 0 Å². The van der Waals surface area contributed by atoms with Gasteiger partial charge < -0.3 is 0 Å². The minimum Gasteiger partial charge on any atom is -0.207 e. The topological polar surface area (TPSA) is 0 Å². The third-order valence-electron chi connectivity index (χ3n) is 3.93. The van der Waals surface area contributed by atoms with E-state index in [1.54, 1.807) is 12.1 Å². The predicted molar refractivity (Wildman–Crippen MR) is 74.1 cm³/mol. The van der Waals surface area contributed by atoms with Gasteiger partial charge in [-0.1, -0.05) is 53.7 Å². The van der Waals surface area contributed by atoms with Gasteiger partial charge in [0, 0.05) is 5.33 Å². The van der Waals surface area contributed by atoms with Crippen LogP contribution in [0.3, 0.4) is 0 Å². The van der Waals surface area contributed by atoms with E-state index in [-0.39, 0.29) is 5.82 Å². The van der Waals surface area contributed by atoms with E-state index in [0.29, 0.717) is 5.92 Å². The summed E-state index contributed by atoms with van der Waals surface area (Å²) in [5.41, 5.74) is 1.29. The fourth-order valence-electron chi connectivity index (χ4n) is 2.91. The Kier molecular flexibility index (Phi) is 5.02. The Balaban J connectivity index is 2.11. The fourth-order valence-corrected chi connectivity index (χ4v) is 3.81. The number of benzene rings is 1. The molecule has 1 unspecified atom stereocenters. The third-order valence-corrected chi connectivity index (χ3v) is 4.63. The quantitative estimate of drug-likeness (QED) is 0.526. The van der Waals surface area contributed by atoms with Gasteiger partial charge >= 0.3 is 0 Å². The van der Waals surface area contributed by atoms with Crippen molar-refractivity contribution < 1.29 is 4.39 Å². The highest BCUT2D eigenvalue weighted by atomic mass is 79.9. The first-order valence-corrected chi connectivity index (χ1v) is 7.75. The second-order valence-electron chi connectivity index (χ2n) is 5.06. The van der Waals surface area contributed by atoms with E-state index in [1.165, 1.54) is 44.1 Å². The van der Waals surface area contributed by atoms with Crippen molar-refractivity contribution in [2.24, 2.45) is 5.92 Å². The monoisotopic (exact) mass is 298 g/mol. The number of hydrogen-bond acceptors (Lipinski definition) is 0. The molecule has 1 aromatic rings. The summed E-state index contributed by atoms with van der Waals surface area (Å²) in [6.07, 6.45) is 8.13. The number of hydrogen-bond donors (Lipinski definition) is 0. The van der Waals surface area contributed by atoms with E-state index in [9.17, 15) is 4.39 Å². The Bertz CT molecular complexity index is 325. The maximum absolute atomic E-state index is 12.9. The van der Waals surface area contributed by atoms with Crippen LogP contribution in [-0.2, 0) is 0 Å². The molecule has 1 aromatic carbocycles. The second kappa shape index (κ2) is 6.53. The van der Waals surface area contributed by atoms with Crippen molar-refractivity contribution in [1.82, 2.24) is 0 Å². The van der Waals surface area contributed by atoms with E-state index in [0.717, 1.165) is 11.2 Å². The van der Waals surface area contributed by atoms with E-state index < -0.39 is 0 Å². The molecule has 1 saturated carbocycles. The molecule has 0 spiro atoms. The molecule has 2 rings (SSSR count). The Hall–Kier alpha value is -0.370. The minimum absolute atomic E-state index is 0.136. The minimum atomic E-state index is -0.136. The van der Waals surface area contributed by atoms with Gasteiger partial charge in [-0.2, -0.15) is 0 Å². The molecule has 0 aliphatic heterocycles. The van der Waals surface area contributed by atoms with Crippen LogP contribution >= 0.6 is 15.9 Å². The Labute approximate surface area is 112 Å². The first kappa shape index (κ1) is 13.1. The second-order valence-corrected chi connectivity index (χ2v) is 5.71. The van der Waals surface area contributed by atoms with Gasteiger partial charge in [0.25, 0.3) is 0 Å². The maximum Gasteiger partial charge on any atom is 0.123 e. The molecule has 1 aliphatic rings. The molecule has 0 bridgehead atoms. The van der Waals surface area contributed by atoms with Crippen molar-refractivity contribution in [3.63, 3.8) is 0 Å². The van der Waals surface area contributed by atoms with Crippen molar-refractivity contribution in [3.8, 4) is 0 Å². The fraction of sp³-hybridized carbons (Fsp3) is 0.600. The zero-order valence-corrected chi connectivity index (χ0v) is 11.8. The SMILES string of the molecule is Fc1ccc(C(CBr)C2CCCCCC2)cc1. The van der Waals surface area contributed by atoms with Gasteiger partial charge in [-0.05, 0) is 42.4 Å². The van der Waals surface area contributed by atoms with Gasteiger partial charge in [0.1, 0.15) is 5.82 Å². The van der Waals surface area contributed by atoms with Crippen molar-refractivity contribution >= 4 is 15.9 Å². The molecule has 0 amide bonds. The molecule has 0 heterocycles. The van der Waals surface area contributed by atoms with Crippen LogP contribution in [0.25, 0.3) is 0 Å². The van der Waals surface area contributed by atoms with Crippen molar-refractivity contribution in [3.05, 3.63) is 35.6 Å². The molecule has 94 valence electrons. The summed E-state index contributed by atoms with van der Waals surface area (Å²) in [5, 5.41) is 0.989. The van der Waals surface area contributed by atoms with Crippen LogP contribution in [0.5, 0.6) is 0 Å². The van der Waals surface area contributed by atoms with E-state index in [1.807, 2.05) is 12.1 Å². The number of halogens is 2. The molecule has 0 radical (unpaired) electrons. The Morgan fingerprint density at radius 1 is 1.06 bits per heavy atom. The molecule has 1 atom stereocenters. The lowest BCUT2D eigenvalue weighted by Crippen LogP contribution is -2.14. The summed E-state index contributed by atoms with van der Waals surface area (Å²) in [5.74, 6) is 1.18. The van der Waals surface area contributed by atoms with Gasteiger partial charge in [-0.15, -0.1) is 0 Å². The van der Waals surface area contributed by atoms with Gasteiger partial charge in [0.2, 0.25) is 0 Å². The van der Waals surface area contributed by atoms with Gasteiger partial charge in [-0.3, -0.25) is 0 Å². The van der Waals surface area contributed by atoms with Gasteiger partial charge in [-0.25, -0.2) is 4.39 Å². The first-order chi connectivity index (χ1) is 8.31. The molecule has 0 aromatic heterocycles. The molecule has 0 nitrogen and oxygen atoms in total. The smallest absolute Gasteiger partial charge is 0.123 e. The average Bonchev–Trinajstić information content (AvgIpc) is 2.62. The molecule has 1 aliphatic carbocycles. The molecular weight excluding hydrogens is 279 g/mol. The highest BCUT2D eigenvalue weighted by Crippen LogP contribution is 2.36. The first-order valence-electron chi connectivity index (χ1n) is 6.62. The van der Waals surface area contributed by atoms with Crippen molar-refractivity contribution in [2.75, 3.05) is 5.33 Å². The normalized spacial score (nSPS) is 19.9. The molecular formula is C15H20BrF. The zero-order valence-electron chi connectivity index (χ0n) is 10.2. The number of alkyl halides is 1. The highest BCUT2D eigenvalue weighted by Gasteiger charge is 2.23. The zero-order chi connectivity index (χ0) is 12.1. The molecule has 2 heteroatoms. The van der Waals surface area contributed by atoms with Crippen molar-refractivity contribution in [1.29, 1.82) is 0 Å². The van der Waals surface area contributed by atoms with Crippen LogP contribution in [0.1, 0.15) is 50.0 Å². The van der Waals surface area contributed by atoms with Gasteiger partial charge in [0.15, 0.2) is 0 Å². The Morgan fingerprint density at radius 2 is 1.65 bits per heavy atom. The highest BCUT2D eigenvalue weighted by molar-refractivity contribution is 9.09. The average molecular weight is 299 g/mol. The molecule has 0 saturated heterocycles. The number of rotatable bonds is 3.